The number of carbonyl (C=O) groups excluding carboxylic acids is 1. The smallest absolute Gasteiger partial charge is 0.306 e. The first-order valence-corrected chi connectivity index (χ1v) is 8.50. The summed E-state index contributed by atoms with van der Waals surface area (Å²) in [7, 11) is 0. The summed E-state index contributed by atoms with van der Waals surface area (Å²) in [5.41, 5.74) is 0.969. The van der Waals surface area contributed by atoms with E-state index in [0.717, 1.165) is 30.4 Å². The number of nitrogens with zero attached hydrogens (tertiary/aromatic N) is 2. The fourth-order valence-corrected chi connectivity index (χ4v) is 3.36. The predicted octanol–water partition coefficient (Wildman–Crippen LogP) is 2.64. The monoisotopic (exact) mass is 312 g/mol. The van der Waals surface area contributed by atoms with Crippen molar-refractivity contribution in [2.45, 2.75) is 52.2 Å². The number of thiazole rings is 1. The van der Waals surface area contributed by atoms with Crippen LogP contribution in [-0.4, -0.2) is 42.9 Å². The first-order valence-electron chi connectivity index (χ1n) is 7.62. The van der Waals surface area contributed by atoms with Gasteiger partial charge in [-0.2, -0.15) is 0 Å². The molecule has 118 valence electrons. The lowest BCUT2D eigenvalue weighted by Crippen LogP contribution is -2.48. The predicted molar refractivity (Wildman–Crippen MR) is 83.9 cm³/mol. The SMILES string of the molecule is CCOC(=O)CCc1csc(N2CC(C)OCC2CC)n1. The van der Waals surface area contributed by atoms with Gasteiger partial charge in [0.1, 0.15) is 0 Å². The Morgan fingerprint density at radius 3 is 3.10 bits per heavy atom. The van der Waals surface area contributed by atoms with Gasteiger partial charge in [-0.3, -0.25) is 4.79 Å². The Kier molecular flexibility index (Phi) is 5.99. The molecule has 2 heterocycles. The van der Waals surface area contributed by atoms with Crippen molar-refractivity contribution in [1.29, 1.82) is 0 Å². The van der Waals surface area contributed by atoms with Gasteiger partial charge in [-0.25, -0.2) is 4.98 Å². The van der Waals surface area contributed by atoms with Gasteiger partial charge in [0.15, 0.2) is 5.13 Å². The van der Waals surface area contributed by atoms with Crippen molar-refractivity contribution in [3.05, 3.63) is 11.1 Å². The Labute approximate surface area is 130 Å². The Morgan fingerprint density at radius 1 is 1.57 bits per heavy atom. The van der Waals surface area contributed by atoms with Gasteiger partial charge in [-0.15, -0.1) is 11.3 Å². The molecule has 0 radical (unpaired) electrons. The first kappa shape index (κ1) is 16.2. The van der Waals surface area contributed by atoms with E-state index in [-0.39, 0.29) is 12.1 Å². The van der Waals surface area contributed by atoms with Gasteiger partial charge < -0.3 is 14.4 Å². The molecule has 2 rings (SSSR count). The minimum atomic E-state index is -0.154. The molecular weight excluding hydrogens is 288 g/mol. The fraction of sp³-hybridized carbons (Fsp3) is 0.733. The molecule has 1 fully saturated rings. The summed E-state index contributed by atoms with van der Waals surface area (Å²) in [6, 6.07) is 0.394. The second-order valence-corrected chi connectivity index (χ2v) is 6.12. The molecule has 0 saturated carbocycles. The summed E-state index contributed by atoms with van der Waals surface area (Å²) < 4.78 is 10.7. The third-order valence-corrected chi connectivity index (χ3v) is 4.54. The van der Waals surface area contributed by atoms with Crippen LogP contribution in [0.3, 0.4) is 0 Å². The maximum atomic E-state index is 11.4. The molecule has 0 bridgehead atoms. The molecule has 1 aromatic rings. The van der Waals surface area contributed by atoms with E-state index in [1.165, 1.54) is 0 Å². The Hall–Kier alpha value is -1.14. The Morgan fingerprint density at radius 2 is 2.38 bits per heavy atom. The number of morpholine rings is 1. The van der Waals surface area contributed by atoms with Crippen LogP contribution < -0.4 is 4.90 Å². The summed E-state index contributed by atoms with van der Waals surface area (Å²) in [6.07, 6.45) is 2.32. The zero-order chi connectivity index (χ0) is 15.2. The van der Waals surface area contributed by atoms with Crippen LogP contribution >= 0.6 is 11.3 Å². The van der Waals surface area contributed by atoms with E-state index < -0.39 is 0 Å². The molecule has 0 spiro atoms. The third-order valence-electron chi connectivity index (χ3n) is 3.61. The number of anilines is 1. The van der Waals surface area contributed by atoms with Crippen molar-refractivity contribution in [3.63, 3.8) is 0 Å². The highest BCUT2D eigenvalue weighted by atomic mass is 32.1. The van der Waals surface area contributed by atoms with E-state index >= 15 is 0 Å². The van der Waals surface area contributed by atoms with Gasteiger partial charge in [0, 0.05) is 18.3 Å². The largest absolute Gasteiger partial charge is 0.466 e. The van der Waals surface area contributed by atoms with Crippen LogP contribution in [0.25, 0.3) is 0 Å². The molecule has 0 N–H and O–H groups in total. The lowest BCUT2D eigenvalue weighted by atomic mass is 10.1. The molecule has 0 amide bonds. The van der Waals surface area contributed by atoms with Crippen molar-refractivity contribution < 1.29 is 14.3 Å². The topological polar surface area (TPSA) is 51.7 Å². The zero-order valence-electron chi connectivity index (χ0n) is 13.0. The van der Waals surface area contributed by atoms with Crippen LogP contribution in [-0.2, 0) is 20.7 Å². The standard InChI is InChI=1S/C15H24N2O3S/c1-4-13-9-20-11(3)8-17(13)15-16-12(10-21-15)6-7-14(18)19-5-2/h10-11,13H,4-9H2,1-3H3. The zero-order valence-corrected chi connectivity index (χ0v) is 13.8. The number of hydrogen-bond acceptors (Lipinski definition) is 6. The quantitative estimate of drug-likeness (QED) is 0.756. The van der Waals surface area contributed by atoms with Crippen LogP contribution in [0.5, 0.6) is 0 Å². The average molecular weight is 312 g/mol. The summed E-state index contributed by atoms with van der Waals surface area (Å²) in [6.45, 7) is 8.16. The van der Waals surface area contributed by atoms with Gasteiger partial charge in [-0.1, -0.05) is 6.92 Å². The van der Waals surface area contributed by atoms with Gasteiger partial charge in [0.25, 0.3) is 0 Å². The Bertz CT molecular complexity index is 464. The molecule has 1 aromatic heterocycles. The van der Waals surface area contributed by atoms with Crippen molar-refractivity contribution in [3.8, 4) is 0 Å². The van der Waals surface area contributed by atoms with E-state index in [9.17, 15) is 4.79 Å². The van der Waals surface area contributed by atoms with Crippen LogP contribution in [0, 0.1) is 0 Å². The number of aromatic nitrogens is 1. The van der Waals surface area contributed by atoms with Gasteiger partial charge in [0.05, 0.1) is 37.5 Å². The number of carbonyl (C=O) groups is 1. The van der Waals surface area contributed by atoms with Gasteiger partial charge >= 0.3 is 5.97 Å². The summed E-state index contributed by atoms with van der Waals surface area (Å²) in [4.78, 5) is 18.4. The van der Waals surface area contributed by atoms with Crippen LogP contribution in [0.4, 0.5) is 5.13 Å². The number of ether oxygens (including phenoxy) is 2. The summed E-state index contributed by atoms with van der Waals surface area (Å²) in [5.74, 6) is -0.154. The Balaban J connectivity index is 1.96. The van der Waals surface area contributed by atoms with Crippen molar-refractivity contribution in [1.82, 2.24) is 4.98 Å². The minimum absolute atomic E-state index is 0.154. The molecule has 0 aromatic carbocycles. The van der Waals surface area contributed by atoms with E-state index in [4.69, 9.17) is 9.47 Å². The first-order chi connectivity index (χ1) is 10.1. The van der Waals surface area contributed by atoms with E-state index in [1.807, 2.05) is 12.3 Å². The van der Waals surface area contributed by atoms with Crippen molar-refractivity contribution in [2.24, 2.45) is 0 Å². The van der Waals surface area contributed by atoms with Gasteiger partial charge in [-0.05, 0) is 20.3 Å². The van der Waals surface area contributed by atoms with Gasteiger partial charge in [0.2, 0.25) is 0 Å². The second-order valence-electron chi connectivity index (χ2n) is 5.28. The highest BCUT2D eigenvalue weighted by Gasteiger charge is 2.27. The molecule has 6 heteroatoms. The molecule has 0 aliphatic carbocycles. The second kappa shape index (κ2) is 7.75. The number of hydrogen-bond donors (Lipinski definition) is 0. The molecule has 21 heavy (non-hydrogen) atoms. The van der Waals surface area contributed by atoms with E-state index in [2.05, 4.69) is 23.7 Å². The molecule has 2 unspecified atom stereocenters. The molecule has 1 saturated heterocycles. The highest BCUT2D eigenvalue weighted by Crippen LogP contribution is 2.27. The number of rotatable bonds is 6. The highest BCUT2D eigenvalue weighted by molar-refractivity contribution is 7.13. The fourth-order valence-electron chi connectivity index (χ4n) is 2.42. The van der Waals surface area contributed by atoms with E-state index in [0.29, 0.717) is 25.5 Å². The van der Waals surface area contributed by atoms with E-state index in [1.54, 1.807) is 11.3 Å². The average Bonchev–Trinajstić information content (AvgIpc) is 2.94. The molecular formula is C15H24N2O3S. The minimum Gasteiger partial charge on any atom is -0.466 e. The number of esters is 1. The lowest BCUT2D eigenvalue weighted by Gasteiger charge is -2.38. The maximum Gasteiger partial charge on any atom is 0.306 e. The van der Waals surface area contributed by atoms with Crippen LogP contribution in [0.15, 0.2) is 5.38 Å². The third kappa shape index (κ3) is 4.41. The van der Waals surface area contributed by atoms with Crippen molar-refractivity contribution >= 4 is 22.4 Å². The maximum absolute atomic E-state index is 11.4. The lowest BCUT2D eigenvalue weighted by molar-refractivity contribution is -0.143. The number of aryl methyl sites for hydroxylation is 1. The molecule has 1 aliphatic rings. The molecule has 1 aliphatic heterocycles. The molecule has 2 atom stereocenters. The summed E-state index contributed by atoms with van der Waals surface area (Å²) >= 11 is 1.65. The normalized spacial score (nSPS) is 22.3. The van der Waals surface area contributed by atoms with Crippen molar-refractivity contribution in [2.75, 3.05) is 24.7 Å². The van der Waals surface area contributed by atoms with Crippen LogP contribution in [0.2, 0.25) is 0 Å². The summed E-state index contributed by atoms with van der Waals surface area (Å²) in [5, 5.41) is 3.08. The molecule has 5 nitrogen and oxygen atoms in total. The van der Waals surface area contributed by atoms with Crippen LogP contribution in [0.1, 0.15) is 39.3 Å².